The molecule has 0 fully saturated rings. The maximum Gasteiger partial charge on any atom is 0.281 e. The number of hydrogen-bond donors (Lipinski definition) is 1. The van der Waals surface area contributed by atoms with E-state index >= 15 is 0 Å². The molecule has 0 saturated heterocycles. The molecule has 1 aromatic heterocycles. The average molecular weight is 385 g/mol. The van der Waals surface area contributed by atoms with Crippen LogP contribution in [-0.2, 0) is 0 Å². The highest BCUT2D eigenvalue weighted by molar-refractivity contribution is 7.20. The number of benzene rings is 2. The molecular weight excluding hydrogens is 370 g/mol. The first-order valence-corrected chi connectivity index (χ1v) is 8.57. The van der Waals surface area contributed by atoms with E-state index in [1.807, 2.05) is 0 Å². The zero-order valence-corrected chi connectivity index (χ0v) is 15.3. The van der Waals surface area contributed by atoms with Crippen LogP contribution in [0.1, 0.15) is 15.2 Å². The predicted molar refractivity (Wildman–Crippen MR) is 103 cm³/mol. The highest BCUT2D eigenvalue weighted by atomic mass is 32.1. The van der Waals surface area contributed by atoms with Crippen molar-refractivity contribution in [1.29, 1.82) is 0 Å². The smallest absolute Gasteiger partial charge is 0.281 e. The first-order valence-electron chi connectivity index (χ1n) is 7.75. The van der Waals surface area contributed by atoms with Gasteiger partial charge in [-0.15, -0.1) is 11.3 Å². The predicted octanol–water partition coefficient (Wildman–Crippen LogP) is 3.59. The molecule has 2 aromatic carbocycles. The van der Waals surface area contributed by atoms with Gasteiger partial charge in [-0.3, -0.25) is 14.9 Å². The fourth-order valence-electron chi connectivity index (χ4n) is 2.41. The third-order valence-corrected chi connectivity index (χ3v) is 4.84. The summed E-state index contributed by atoms with van der Waals surface area (Å²) in [4.78, 5) is 23.0. The van der Waals surface area contributed by atoms with Crippen molar-refractivity contribution in [3.63, 3.8) is 0 Å². The Balaban J connectivity index is 1.73. The molecule has 0 spiro atoms. The minimum Gasteiger partial charge on any atom is -0.493 e. The SMILES string of the molecule is COc1ccc(C=NNC(=O)c2cc3cc([N+](=O)[O-])ccc3s2)cc1OC. The van der Waals surface area contributed by atoms with E-state index < -0.39 is 10.8 Å². The van der Waals surface area contributed by atoms with Crippen LogP contribution >= 0.6 is 11.3 Å². The van der Waals surface area contributed by atoms with Gasteiger partial charge in [0.05, 0.1) is 30.2 Å². The number of carbonyl (C=O) groups is 1. The fraction of sp³-hybridized carbons (Fsp3) is 0.111. The van der Waals surface area contributed by atoms with E-state index in [0.29, 0.717) is 21.8 Å². The Labute approximate surface area is 158 Å². The van der Waals surface area contributed by atoms with Crippen molar-refractivity contribution < 1.29 is 19.2 Å². The van der Waals surface area contributed by atoms with Crippen LogP contribution in [0.2, 0.25) is 0 Å². The number of hydrogen-bond acceptors (Lipinski definition) is 7. The molecule has 0 aliphatic carbocycles. The zero-order chi connectivity index (χ0) is 19.4. The van der Waals surface area contributed by atoms with E-state index in [-0.39, 0.29) is 5.69 Å². The topological polar surface area (TPSA) is 103 Å². The number of nitrogens with zero attached hydrogens (tertiary/aromatic N) is 2. The lowest BCUT2D eigenvalue weighted by Gasteiger charge is -2.07. The van der Waals surface area contributed by atoms with Crippen LogP contribution in [0.15, 0.2) is 47.6 Å². The molecule has 0 bridgehead atoms. The van der Waals surface area contributed by atoms with Gasteiger partial charge in [-0.25, -0.2) is 5.43 Å². The van der Waals surface area contributed by atoms with Crippen molar-refractivity contribution in [2.24, 2.45) is 5.10 Å². The fourth-order valence-corrected chi connectivity index (χ4v) is 3.34. The summed E-state index contributed by atoms with van der Waals surface area (Å²) in [6, 6.07) is 11.3. The van der Waals surface area contributed by atoms with Gasteiger partial charge >= 0.3 is 0 Å². The summed E-state index contributed by atoms with van der Waals surface area (Å²) in [6.45, 7) is 0. The Bertz CT molecular complexity index is 1040. The molecule has 1 N–H and O–H groups in total. The normalized spacial score (nSPS) is 10.9. The van der Waals surface area contributed by atoms with Gasteiger partial charge in [0.15, 0.2) is 11.5 Å². The Hall–Kier alpha value is -3.46. The van der Waals surface area contributed by atoms with E-state index in [0.717, 1.165) is 10.3 Å². The summed E-state index contributed by atoms with van der Waals surface area (Å²) < 4.78 is 11.2. The van der Waals surface area contributed by atoms with Gasteiger partial charge < -0.3 is 9.47 Å². The maximum atomic E-state index is 12.3. The molecule has 0 aliphatic heterocycles. The number of nitrogens with one attached hydrogen (secondary N) is 1. The van der Waals surface area contributed by atoms with Gasteiger partial charge in [0.1, 0.15) is 0 Å². The number of ether oxygens (including phenoxy) is 2. The molecule has 8 nitrogen and oxygen atoms in total. The van der Waals surface area contributed by atoms with Crippen LogP contribution in [0.5, 0.6) is 11.5 Å². The van der Waals surface area contributed by atoms with Gasteiger partial charge in [0.25, 0.3) is 11.6 Å². The molecule has 9 heteroatoms. The highest BCUT2D eigenvalue weighted by Crippen LogP contribution is 2.29. The number of rotatable bonds is 6. The van der Waals surface area contributed by atoms with E-state index in [1.54, 1.807) is 37.4 Å². The first kappa shape index (κ1) is 18.3. The average Bonchev–Trinajstić information content (AvgIpc) is 3.11. The molecule has 0 atom stereocenters. The second kappa shape index (κ2) is 7.83. The molecule has 3 aromatic rings. The monoisotopic (exact) mass is 385 g/mol. The van der Waals surface area contributed by atoms with Crippen LogP contribution in [-0.4, -0.2) is 31.3 Å². The third kappa shape index (κ3) is 4.04. The second-order valence-corrected chi connectivity index (χ2v) is 6.49. The summed E-state index contributed by atoms with van der Waals surface area (Å²) in [6.07, 6.45) is 1.48. The lowest BCUT2D eigenvalue weighted by Crippen LogP contribution is -2.16. The summed E-state index contributed by atoms with van der Waals surface area (Å²) >= 11 is 1.24. The van der Waals surface area contributed by atoms with E-state index in [1.165, 1.54) is 36.8 Å². The number of amides is 1. The lowest BCUT2D eigenvalue weighted by atomic mass is 10.2. The quantitative estimate of drug-likeness (QED) is 0.397. The van der Waals surface area contributed by atoms with Crippen molar-refractivity contribution in [1.82, 2.24) is 5.43 Å². The molecule has 138 valence electrons. The Morgan fingerprint density at radius 1 is 1.15 bits per heavy atom. The van der Waals surface area contributed by atoms with Gasteiger partial charge in [0, 0.05) is 22.2 Å². The molecule has 0 aliphatic rings. The van der Waals surface area contributed by atoms with E-state index in [9.17, 15) is 14.9 Å². The van der Waals surface area contributed by atoms with Crippen LogP contribution in [0.3, 0.4) is 0 Å². The van der Waals surface area contributed by atoms with Gasteiger partial charge in [-0.05, 0) is 35.9 Å². The number of thiophene rings is 1. The Morgan fingerprint density at radius 3 is 2.63 bits per heavy atom. The molecule has 3 rings (SSSR count). The standard InChI is InChI=1S/C18H15N3O5S/c1-25-14-5-3-11(7-15(14)26-2)10-19-20-18(22)17-9-12-8-13(21(23)24)4-6-16(12)27-17/h3-10H,1-2H3,(H,20,22). The molecule has 1 amide bonds. The second-order valence-electron chi connectivity index (χ2n) is 5.40. The van der Waals surface area contributed by atoms with Crippen molar-refractivity contribution in [2.45, 2.75) is 0 Å². The largest absolute Gasteiger partial charge is 0.493 e. The van der Waals surface area contributed by atoms with Crippen LogP contribution in [0, 0.1) is 10.1 Å². The molecule has 0 unspecified atom stereocenters. The van der Waals surface area contributed by atoms with Gasteiger partial charge in [0.2, 0.25) is 0 Å². The van der Waals surface area contributed by atoms with Crippen molar-refractivity contribution in [2.75, 3.05) is 14.2 Å². The Kier molecular flexibility index (Phi) is 5.32. The van der Waals surface area contributed by atoms with Crippen LogP contribution < -0.4 is 14.9 Å². The van der Waals surface area contributed by atoms with E-state index in [2.05, 4.69) is 10.5 Å². The number of fused-ring (bicyclic) bond motifs is 1. The summed E-state index contributed by atoms with van der Waals surface area (Å²) in [5.41, 5.74) is 3.15. The number of nitro groups is 1. The number of non-ortho nitro benzene ring substituents is 1. The van der Waals surface area contributed by atoms with Crippen LogP contribution in [0.25, 0.3) is 10.1 Å². The number of methoxy groups -OCH3 is 2. The lowest BCUT2D eigenvalue weighted by molar-refractivity contribution is -0.384. The Morgan fingerprint density at radius 2 is 1.93 bits per heavy atom. The van der Waals surface area contributed by atoms with Gasteiger partial charge in [-0.2, -0.15) is 5.10 Å². The van der Waals surface area contributed by atoms with Crippen molar-refractivity contribution >= 4 is 39.2 Å². The maximum absolute atomic E-state index is 12.3. The molecule has 27 heavy (non-hydrogen) atoms. The zero-order valence-electron chi connectivity index (χ0n) is 14.5. The van der Waals surface area contributed by atoms with Crippen LogP contribution in [0.4, 0.5) is 5.69 Å². The third-order valence-electron chi connectivity index (χ3n) is 3.72. The van der Waals surface area contributed by atoms with Crippen molar-refractivity contribution in [3.8, 4) is 11.5 Å². The summed E-state index contributed by atoms with van der Waals surface area (Å²) in [5.74, 6) is 0.757. The molecular formula is C18H15N3O5S. The summed E-state index contributed by atoms with van der Waals surface area (Å²) in [5, 5.41) is 15.4. The van der Waals surface area contributed by atoms with E-state index in [4.69, 9.17) is 9.47 Å². The van der Waals surface area contributed by atoms with Crippen molar-refractivity contribution in [3.05, 3.63) is 63.0 Å². The summed E-state index contributed by atoms with van der Waals surface area (Å²) in [7, 11) is 3.08. The molecule has 0 saturated carbocycles. The molecule has 1 heterocycles. The first-order chi connectivity index (χ1) is 13.0. The number of carbonyl (C=O) groups excluding carboxylic acids is 1. The number of nitro benzene ring substituents is 1. The molecule has 0 radical (unpaired) electrons. The highest BCUT2D eigenvalue weighted by Gasteiger charge is 2.13. The van der Waals surface area contributed by atoms with Gasteiger partial charge in [-0.1, -0.05) is 0 Å². The minimum atomic E-state index is -0.468. The number of hydrazone groups is 1. The minimum absolute atomic E-state index is 0.0151.